The summed E-state index contributed by atoms with van der Waals surface area (Å²) >= 11 is 0. The van der Waals surface area contributed by atoms with Gasteiger partial charge in [-0.1, -0.05) is 0 Å². The molecule has 0 saturated heterocycles. The minimum Gasteiger partial charge on any atom is -0.482 e. The van der Waals surface area contributed by atoms with Gasteiger partial charge in [-0.2, -0.15) is 0 Å². The maximum absolute atomic E-state index is 11.8. The minimum absolute atomic E-state index is 0.186. The van der Waals surface area contributed by atoms with Gasteiger partial charge in [0, 0.05) is 12.6 Å². The molecule has 1 aliphatic rings. The highest BCUT2D eigenvalue weighted by Gasteiger charge is 2.28. The normalized spacial score (nSPS) is 17.8. The van der Waals surface area contributed by atoms with E-state index >= 15 is 0 Å². The summed E-state index contributed by atoms with van der Waals surface area (Å²) in [4.78, 5) is 11.3. The molecule has 1 unspecified atom stereocenters. The molecular weight excluding hydrogens is 308 g/mol. The molecule has 0 saturated carbocycles. The smallest absolute Gasteiger partial charge is 0.344 e. The van der Waals surface area contributed by atoms with E-state index in [4.69, 9.17) is 15.2 Å². The quantitative estimate of drug-likeness (QED) is 0.779. The molecule has 1 aromatic rings. The second-order valence-electron chi connectivity index (χ2n) is 5.14. The van der Waals surface area contributed by atoms with Gasteiger partial charge in [-0.05, 0) is 37.1 Å². The van der Waals surface area contributed by atoms with Crippen molar-refractivity contribution >= 4 is 21.7 Å². The van der Waals surface area contributed by atoms with E-state index in [2.05, 4.69) is 0 Å². The third-order valence-electron chi connectivity index (χ3n) is 3.26. The molecule has 0 aliphatic carbocycles. The Kier molecular flexibility index (Phi) is 4.92. The number of carbonyl (C=O) groups is 1. The second kappa shape index (κ2) is 6.53. The zero-order valence-electron chi connectivity index (χ0n) is 12.6. The van der Waals surface area contributed by atoms with Crippen LogP contribution in [-0.2, 0) is 26.0 Å². The Balaban J connectivity index is 2.20. The molecular formula is C14H20N2O5S. The first-order chi connectivity index (χ1) is 10.3. The fourth-order valence-electron chi connectivity index (χ4n) is 2.38. The number of sulfonamides is 1. The molecule has 2 N–H and O–H groups in total. The molecule has 0 aromatic heterocycles. The van der Waals surface area contributed by atoms with Crippen LogP contribution in [0.15, 0.2) is 18.2 Å². The summed E-state index contributed by atoms with van der Waals surface area (Å²) in [5, 5.41) is 0. The average molecular weight is 328 g/mol. The average Bonchev–Trinajstić information content (AvgIpc) is 2.43. The van der Waals surface area contributed by atoms with Gasteiger partial charge in [0.25, 0.3) is 0 Å². The summed E-state index contributed by atoms with van der Waals surface area (Å²) in [5.74, 6) is 0.0315. The lowest BCUT2D eigenvalue weighted by Gasteiger charge is -2.32. The highest BCUT2D eigenvalue weighted by Crippen LogP contribution is 2.31. The molecule has 1 aliphatic heterocycles. The summed E-state index contributed by atoms with van der Waals surface area (Å²) in [6.45, 7) is 2.09. The molecule has 0 fully saturated rings. The number of nitrogens with zero attached hydrogens (tertiary/aromatic N) is 1. The molecule has 0 spiro atoms. The predicted molar refractivity (Wildman–Crippen MR) is 82.4 cm³/mol. The Morgan fingerprint density at radius 3 is 2.82 bits per heavy atom. The first kappa shape index (κ1) is 16.6. The van der Waals surface area contributed by atoms with Gasteiger partial charge in [-0.25, -0.2) is 13.2 Å². The van der Waals surface area contributed by atoms with Gasteiger partial charge in [0.05, 0.1) is 18.6 Å². The highest BCUT2D eigenvalue weighted by atomic mass is 32.2. The van der Waals surface area contributed by atoms with Crippen LogP contribution in [0.25, 0.3) is 0 Å². The van der Waals surface area contributed by atoms with E-state index in [1.165, 1.54) is 4.31 Å². The van der Waals surface area contributed by atoms with Gasteiger partial charge < -0.3 is 15.2 Å². The lowest BCUT2D eigenvalue weighted by Crippen LogP contribution is -2.45. The number of nitrogens with two attached hydrogens (primary N) is 1. The number of rotatable bonds is 5. The predicted octanol–water partition coefficient (Wildman–Crippen LogP) is 0.278. The Morgan fingerprint density at radius 1 is 1.45 bits per heavy atom. The lowest BCUT2D eigenvalue weighted by molar-refractivity contribution is -0.145. The Bertz CT molecular complexity index is 659. The van der Waals surface area contributed by atoms with Crippen LogP contribution in [0.5, 0.6) is 5.75 Å². The van der Waals surface area contributed by atoms with Crippen LogP contribution < -0.4 is 14.8 Å². The monoisotopic (exact) mass is 328 g/mol. The number of esters is 1. The second-order valence-corrected chi connectivity index (χ2v) is 7.05. The van der Waals surface area contributed by atoms with Crippen LogP contribution in [0.4, 0.5) is 5.69 Å². The summed E-state index contributed by atoms with van der Waals surface area (Å²) in [5.41, 5.74) is 7.31. The van der Waals surface area contributed by atoms with Crippen molar-refractivity contribution in [2.45, 2.75) is 19.4 Å². The van der Waals surface area contributed by atoms with Gasteiger partial charge in [0.2, 0.25) is 10.0 Å². The van der Waals surface area contributed by atoms with Crippen LogP contribution in [0.1, 0.15) is 12.5 Å². The topological polar surface area (TPSA) is 98.9 Å². The summed E-state index contributed by atoms with van der Waals surface area (Å²) < 4.78 is 35.1. The lowest BCUT2D eigenvalue weighted by atomic mass is 10.00. The molecule has 0 bridgehead atoms. The van der Waals surface area contributed by atoms with Crippen LogP contribution in [-0.4, -0.2) is 46.4 Å². The van der Waals surface area contributed by atoms with E-state index in [0.29, 0.717) is 24.5 Å². The first-order valence-electron chi connectivity index (χ1n) is 6.96. The van der Waals surface area contributed by atoms with Gasteiger partial charge in [-0.15, -0.1) is 0 Å². The van der Waals surface area contributed by atoms with Crippen molar-refractivity contribution in [2.24, 2.45) is 5.73 Å². The van der Waals surface area contributed by atoms with E-state index in [9.17, 15) is 13.2 Å². The van der Waals surface area contributed by atoms with Gasteiger partial charge in [-0.3, -0.25) is 4.31 Å². The minimum atomic E-state index is -3.38. The zero-order chi connectivity index (χ0) is 16.3. The molecule has 1 heterocycles. The fraction of sp³-hybridized carbons (Fsp3) is 0.500. The number of carbonyl (C=O) groups excluding carboxylic acids is 1. The number of benzene rings is 1. The molecule has 0 radical (unpaired) electrons. The zero-order valence-corrected chi connectivity index (χ0v) is 13.4. The van der Waals surface area contributed by atoms with E-state index in [1.54, 1.807) is 25.1 Å². The number of anilines is 1. The maximum Gasteiger partial charge on any atom is 0.344 e. The Labute approximate surface area is 130 Å². The van der Waals surface area contributed by atoms with Gasteiger partial charge in [0.1, 0.15) is 5.75 Å². The third-order valence-corrected chi connectivity index (χ3v) is 4.41. The summed E-state index contributed by atoms with van der Waals surface area (Å²) in [6, 6.07) is 4.74. The molecule has 0 amide bonds. The van der Waals surface area contributed by atoms with Crippen LogP contribution in [0.2, 0.25) is 0 Å². The molecule has 8 heteroatoms. The van der Waals surface area contributed by atoms with Crippen molar-refractivity contribution in [3.05, 3.63) is 23.8 Å². The number of fused-ring (bicyclic) bond motifs is 1. The van der Waals surface area contributed by atoms with Crippen molar-refractivity contribution < 1.29 is 22.7 Å². The molecule has 2 rings (SSSR count). The van der Waals surface area contributed by atoms with Crippen molar-refractivity contribution in [3.63, 3.8) is 0 Å². The van der Waals surface area contributed by atoms with Crippen LogP contribution >= 0.6 is 0 Å². The van der Waals surface area contributed by atoms with Crippen molar-refractivity contribution in [1.82, 2.24) is 0 Å². The molecule has 1 aromatic carbocycles. The van der Waals surface area contributed by atoms with E-state index in [0.717, 1.165) is 11.8 Å². The molecule has 1 atom stereocenters. The fourth-order valence-corrected chi connectivity index (χ4v) is 3.37. The van der Waals surface area contributed by atoms with Crippen molar-refractivity contribution in [3.8, 4) is 5.75 Å². The van der Waals surface area contributed by atoms with Gasteiger partial charge in [0.15, 0.2) is 6.61 Å². The molecule has 7 nitrogen and oxygen atoms in total. The molecule has 22 heavy (non-hydrogen) atoms. The Morgan fingerprint density at radius 2 is 2.18 bits per heavy atom. The SMILES string of the molecule is CCOC(=O)COc1ccc2c(c1)CC(N)CN2S(C)(=O)=O. The van der Waals surface area contributed by atoms with E-state index in [-0.39, 0.29) is 19.2 Å². The van der Waals surface area contributed by atoms with Crippen LogP contribution in [0.3, 0.4) is 0 Å². The number of hydrogen-bond donors (Lipinski definition) is 1. The van der Waals surface area contributed by atoms with Crippen molar-refractivity contribution in [2.75, 3.05) is 30.3 Å². The number of ether oxygens (including phenoxy) is 2. The van der Waals surface area contributed by atoms with Gasteiger partial charge >= 0.3 is 5.97 Å². The maximum atomic E-state index is 11.8. The third kappa shape index (κ3) is 3.89. The van der Waals surface area contributed by atoms with E-state index < -0.39 is 16.0 Å². The Hall–Kier alpha value is -1.80. The summed E-state index contributed by atoms with van der Waals surface area (Å²) in [7, 11) is -3.38. The van der Waals surface area contributed by atoms with Crippen molar-refractivity contribution in [1.29, 1.82) is 0 Å². The van der Waals surface area contributed by atoms with E-state index in [1.807, 2.05) is 0 Å². The highest BCUT2D eigenvalue weighted by molar-refractivity contribution is 7.92. The standard InChI is InChI=1S/C14H20N2O5S/c1-3-20-14(17)9-21-12-4-5-13-10(7-12)6-11(15)8-16(13)22(2,18)19/h4-5,7,11H,3,6,8-9,15H2,1-2H3. The van der Waals surface area contributed by atoms with Crippen LogP contribution in [0, 0.1) is 0 Å². The molecule has 122 valence electrons. The number of hydrogen-bond acceptors (Lipinski definition) is 6. The first-order valence-corrected chi connectivity index (χ1v) is 8.80. The summed E-state index contributed by atoms with van der Waals surface area (Å²) in [6.07, 6.45) is 1.71. The largest absolute Gasteiger partial charge is 0.482 e.